The zero-order valence-electron chi connectivity index (χ0n) is 13.1. The molecule has 3 N–H and O–H groups in total. The van der Waals surface area contributed by atoms with Crippen LogP contribution in [0.25, 0.3) is 0 Å². The summed E-state index contributed by atoms with van der Waals surface area (Å²) in [5, 5.41) is 23.5. The van der Waals surface area contributed by atoms with Crippen molar-refractivity contribution in [2.24, 2.45) is 0 Å². The lowest BCUT2D eigenvalue weighted by Crippen LogP contribution is -2.51. The summed E-state index contributed by atoms with van der Waals surface area (Å²) in [5.41, 5.74) is 2.35. The summed E-state index contributed by atoms with van der Waals surface area (Å²) in [5.74, 6) is -0.252. The second-order valence-electron chi connectivity index (χ2n) is 5.40. The Morgan fingerprint density at radius 3 is 2.68 bits per heavy atom. The molecule has 0 aliphatic carbocycles. The first kappa shape index (κ1) is 18.7. The van der Waals surface area contributed by atoms with Crippen LogP contribution in [0.4, 0.5) is 10.5 Å². The minimum Gasteiger partial charge on any atom is -0.483 e. The number of hydrazine groups is 1. The van der Waals surface area contributed by atoms with Crippen LogP contribution in [0.2, 0.25) is 5.02 Å². The molecule has 1 fully saturated rings. The Kier molecular flexibility index (Phi) is 6.37. The fourth-order valence-corrected chi connectivity index (χ4v) is 2.58. The number of rotatable bonds is 6. The molecular weight excluding hydrogens is 356 g/mol. The summed E-state index contributed by atoms with van der Waals surface area (Å²) >= 11 is 5.70. The lowest BCUT2D eigenvalue weighted by molar-refractivity contribution is -0.384. The van der Waals surface area contributed by atoms with E-state index in [0.717, 1.165) is 6.07 Å². The van der Waals surface area contributed by atoms with Gasteiger partial charge in [-0.1, -0.05) is 11.6 Å². The van der Waals surface area contributed by atoms with Crippen molar-refractivity contribution in [3.8, 4) is 5.75 Å². The van der Waals surface area contributed by atoms with E-state index in [-0.39, 0.29) is 29.1 Å². The molecule has 0 spiro atoms. The highest BCUT2D eigenvalue weighted by Crippen LogP contribution is 2.28. The van der Waals surface area contributed by atoms with Crippen LogP contribution in [0, 0.1) is 10.1 Å². The van der Waals surface area contributed by atoms with Crippen molar-refractivity contribution >= 4 is 29.3 Å². The molecule has 0 aromatic heterocycles. The summed E-state index contributed by atoms with van der Waals surface area (Å²) in [7, 11) is 0. The van der Waals surface area contributed by atoms with Gasteiger partial charge in [-0.15, -0.1) is 0 Å². The predicted octanol–water partition coefficient (Wildman–Crippen LogP) is 1.39. The van der Waals surface area contributed by atoms with Crippen LogP contribution in [0.15, 0.2) is 18.2 Å². The number of nitrogens with zero attached hydrogens (tertiary/aromatic N) is 2. The van der Waals surface area contributed by atoms with Crippen molar-refractivity contribution in [3.05, 3.63) is 33.3 Å². The van der Waals surface area contributed by atoms with E-state index in [1.807, 2.05) is 0 Å². The molecule has 1 aliphatic heterocycles. The topological polar surface area (TPSA) is 134 Å². The van der Waals surface area contributed by atoms with E-state index >= 15 is 0 Å². The number of hydrogen-bond acceptors (Lipinski definition) is 6. The van der Waals surface area contributed by atoms with Crippen LogP contribution in [0.3, 0.4) is 0 Å². The zero-order chi connectivity index (χ0) is 18.4. The molecule has 10 nitrogen and oxygen atoms in total. The lowest BCUT2D eigenvalue weighted by atomic mass is 10.1. The van der Waals surface area contributed by atoms with Gasteiger partial charge in [-0.25, -0.2) is 9.80 Å². The molecule has 0 bridgehead atoms. The Balaban J connectivity index is 1.77. The smallest absolute Gasteiger partial charge is 0.404 e. The summed E-state index contributed by atoms with van der Waals surface area (Å²) in [4.78, 5) is 32.6. The van der Waals surface area contributed by atoms with Gasteiger partial charge >= 0.3 is 6.09 Å². The van der Waals surface area contributed by atoms with Crippen LogP contribution in [0.5, 0.6) is 5.75 Å². The van der Waals surface area contributed by atoms with Gasteiger partial charge in [0.15, 0.2) is 6.61 Å². The lowest BCUT2D eigenvalue weighted by Gasteiger charge is -2.31. The van der Waals surface area contributed by atoms with Crippen molar-refractivity contribution in [3.63, 3.8) is 0 Å². The minimum absolute atomic E-state index is 0.0142. The Morgan fingerprint density at radius 1 is 1.40 bits per heavy atom. The maximum atomic E-state index is 11.9. The normalized spacial score (nSPS) is 15.4. The van der Waals surface area contributed by atoms with Crippen molar-refractivity contribution in [1.82, 2.24) is 15.8 Å². The number of halogens is 1. The maximum absolute atomic E-state index is 11.9. The van der Waals surface area contributed by atoms with Crippen LogP contribution < -0.4 is 15.5 Å². The van der Waals surface area contributed by atoms with Crippen LogP contribution in [-0.4, -0.2) is 52.8 Å². The highest BCUT2D eigenvalue weighted by atomic mass is 35.5. The third-order valence-electron chi connectivity index (χ3n) is 3.59. The van der Waals surface area contributed by atoms with E-state index in [1.165, 1.54) is 12.1 Å². The Morgan fingerprint density at radius 2 is 2.08 bits per heavy atom. The first-order valence-electron chi connectivity index (χ1n) is 7.46. The second-order valence-corrected chi connectivity index (χ2v) is 5.81. The number of piperidine rings is 1. The SMILES string of the molecule is O=C(O)NC1CCN(NC(=O)COc2ccc(Cl)c([N+](=O)[O-])c2)CC1. The standard InChI is InChI=1S/C14H17ClN4O6/c15-11-2-1-10(7-12(11)19(23)24)25-8-13(20)17-18-5-3-9(4-6-18)16-14(21)22/h1-2,7,9,16H,3-6,8H2,(H,17,20)(H,21,22). The largest absolute Gasteiger partial charge is 0.483 e. The molecule has 0 radical (unpaired) electrons. The molecule has 0 unspecified atom stereocenters. The molecule has 1 aliphatic rings. The quantitative estimate of drug-likeness (QED) is 0.507. The van der Waals surface area contributed by atoms with Gasteiger partial charge in [-0.05, 0) is 25.0 Å². The Labute approximate surface area is 147 Å². The number of benzene rings is 1. The number of carboxylic acid groups (broad SMARTS) is 1. The predicted molar refractivity (Wildman–Crippen MR) is 87.5 cm³/mol. The molecule has 11 heteroatoms. The number of hydrogen-bond donors (Lipinski definition) is 3. The number of nitro groups is 1. The van der Waals surface area contributed by atoms with E-state index < -0.39 is 16.9 Å². The summed E-state index contributed by atoms with van der Waals surface area (Å²) in [6, 6.07) is 3.79. The van der Waals surface area contributed by atoms with Crippen molar-refractivity contribution in [2.45, 2.75) is 18.9 Å². The van der Waals surface area contributed by atoms with Gasteiger partial charge in [0, 0.05) is 19.1 Å². The molecule has 1 heterocycles. The molecule has 2 rings (SSSR count). The fourth-order valence-electron chi connectivity index (χ4n) is 2.39. The van der Waals surface area contributed by atoms with E-state index in [1.54, 1.807) is 5.01 Å². The van der Waals surface area contributed by atoms with Crippen LogP contribution >= 0.6 is 11.6 Å². The zero-order valence-corrected chi connectivity index (χ0v) is 13.9. The average molecular weight is 373 g/mol. The van der Waals surface area contributed by atoms with Gasteiger partial charge < -0.3 is 15.2 Å². The van der Waals surface area contributed by atoms with E-state index in [4.69, 9.17) is 21.4 Å². The number of ether oxygens (including phenoxy) is 1. The number of carbonyl (C=O) groups excluding carboxylic acids is 1. The van der Waals surface area contributed by atoms with Crippen molar-refractivity contribution in [1.29, 1.82) is 0 Å². The second kappa shape index (κ2) is 8.49. The van der Waals surface area contributed by atoms with E-state index in [2.05, 4.69) is 10.7 Å². The highest BCUT2D eigenvalue weighted by molar-refractivity contribution is 6.32. The summed E-state index contributed by atoms with van der Waals surface area (Å²) < 4.78 is 5.24. The number of amides is 2. The van der Waals surface area contributed by atoms with Crippen molar-refractivity contribution in [2.75, 3.05) is 19.7 Å². The summed E-state index contributed by atoms with van der Waals surface area (Å²) in [6.07, 6.45) is 0.0983. The van der Waals surface area contributed by atoms with Gasteiger partial charge in [0.1, 0.15) is 10.8 Å². The number of nitrogens with one attached hydrogen (secondary N) is 2. The van der Waals surface area contributed by atoms with Gasteiger partial charge in [0.25, 0.3) is 11.6 Å². The monoisotopic (exact) mass is 372 g/mol. The highest BCUT2D eigenvalue weighted by Gasteiger charge is 2.21. The van der Waals surface area contributed by atoms with E-state index in [9.17, 15) is 19.7 Å². The number of nitro benzene ring substituents is 1. The molecule has 136 valence electrons. The first-order chi connectivity index (χ1) is 11.8. The number of carbonyl (C=O) groups is 2. The minimum atomic E-state index is -1.06. The third-order valence-corrected chi connectivity index (χ3v) is 3.91. The van der Waals surface area contributed by atoms with Crippen LogP contribution in [-0.2, 0) is 4.79 Å². The molecular formula is C14H17ClN4O6. The average Bonchev–Trinajstić information content (AvgIpc) is 2.55. The van der Waals surface area contributed by atoms with Gasteiger partial charge in [0.05, 0.1) is 11.0 Å². The molecule has 2 amide bonds. The van der Waals surface area contributed by atoms with E-state index in [0.29, 0.717) is 25.9 Å². The van der Waals surface area contributed by atoms with Gasteiger partial charge in [-0.2, -0.15) is 0 Å². The van der Waals surface area contributed by atoms with Gasteiger partial charge in [-0.3, -0.25) is 20.3 Å². The summed E-state index contributed by atoms with van der Waals surface area (Å²) in [6.45, 7) is 0.693. The van der Waals surface area contributed by atoms with Crippen LogP contribution in [0.1, 0.15) is 12.8 Å². The molecule has 25 heavy (non-hydrogen) atoms. The molecule has 1 saturated heterocycles. The van der Waals surface area contributed by atoms with Crippen molar-refractivity contribution < 1.29 is 24.4 Å². The molecule has 0 atom stereocenters. The fraction of sp³-hybridized carbons (Fsp3) is 0.429. The first-order valence-corrected chi connectivity index (χ1v) is 7.83. The Hall–Kier alpha value is -2.59. The maximum Gasteiger partial charge on any atom is 0.404 e. The molecule has 1 aromatic carbocycles. The molecule has 1 aromatic rings. The third kappa shape index (κ3) is 5.76. The Bertz CT molecular complexity index is 663. The molecule has 0 saturated carbocycles. The van der Waals surface area contributed by atoms with Gasteiger partial charge in [0.2, 0.25) is 0 Å².